The second-order valence-electron chi connectivity index (χ2n) is 8.72. The van der Waals surface area contributed by atoms with Crippen molar-refractivity contribution in [1.29, 1.82) is 0 Å². The fraction of sp³-hybridized carbons (Fsp3) is 0.619. The Morgan fingerprint density at radius 3 is 2.97 bits per heavy atom. The molecule has 4 heterocycles. The molecular formula is C21H29N5O3. The highest BCUT2D eigenvalue weighted by Crippen LogP contribution is 2.26. The zero-order valence-corrected chi connectivity index (χ0v) is 17.0. The Kier molecular flexibility index (Phi) is 4.72. The molecule has 3 aliphatic rings. The van der Waals surface area contributed by atoms with Crippen LogP contribution in [0.25, 0.3) is 11.0 Å². The summed E-state index contributed by atoms with van der Waals surface area (Å²) in [5.41, 5.74) is 2.43. The maximum Gasteiger partial charge on any atom is 0.251 e. The number of aliphatic hydroxyl groups is 1. The smallest absolute Gasteiger partial charge is 0.251 e. The number of amides is 1. The molecule has 4 atom stereocenters. The summed E-state index contributed by atoms with van der Waals surface area (Å²) in [5.74, 6) is 0.797. The standard InChI is InChI=1S/C21H29N5O3/c1-13-9-26-10-15(8-16(26)12-29-13)22-20(28)14-3-4-19-18(7-14)23-21(24(19)2)25-6-5-17(27)11-25/h3-4,7,13,15-17,27H,5-6,8-12H2,1-2H3,(H,22,28)/t13-,15+,16-,17-/m0/s1. The summed E-state index contributed by atoms with van der Waals surface area (Å²) >= 11 is 0. The van der Waals surface area contributed by atoms with E-state index in [1.54, 1.807) is 0 Å². The van der Waals surface area contributed by atoms with Crippen molar-refractivity contribution in [2.24, 2.45) is 7.05 Å². The lowest BCUT2D eigenvalue weighted by molar-refractivity contribution is -0.0390. The number of rotatable bonds is 3. The van der Waals surface area contributed by atoms with E-state index in [0.717, 1.165) is 56.1 Å². The topological polar surface area (TPSA) is 82.9 Å². The highest BCUT2D eigenvalue weighted by Gasteiger charge is 2.36. The van der Waals surface area contributed by atoms with Gasteiger partial charge in [-0.25, -0.2) is 4.98 Å². The van der Waals surface area contributed by atoms with Crippen molar-refractivity contribution in [3.05, 3.63) is 23.8 Å². The summed E-state index contributed by atoms with van der Waals surface area (Å²) in [6.45, 7) is 6.07. The van der Waals surface area contributed by atoms with Crippen LogP contribution in [0.1, 0.15) is 30.1 Å². The molecule has 0 bridgehead atoms. The molecule has 2 N–H and O–H groups in total. The van der Waals surface area contributed by atoms with E-state index < -0.39 is 0 Å². The van der Waals surface area contributed by atoms with Gasteiger partial charge in [0, 0.05) is 50.9 Å². The Morgan fingerprint density at radius 2 is 2.17 bits per heavy atom. The minimum Gasteiger partial charge on any atom is -0.391 e. The number of aliphatic hydroxyl groups excluding tert-OH is 1. The molecule has 8 heteroatoms. The average Bonchev–Trinajstić information content (AvgIpc) is 3.38. The first-order chi connectivity index (χ1) is 14.0. The number of carbonyl (C=O) groups excluding carboxylic acids is 1. The van der Waals surface area contributed by atoms with Crippen molar-refractivity contribution in [2.75, 3.05) is 37.7 Å². The minimum atomic E-state index is -0.296. The molecule has 0 saturated carbocycles. The van der Waals surface area contributed by atoms with Crippen LogP contribution in [-0.2, 0) is 11.8 Å². The van der Waals surface area contributed by atoms with Crippen LogP contribution in [-0.4, -0.2) is 82.5 Å². The van der Waals surface area contributed by atoms with E-state index in [2.05, 4.69) is 22.0 Å². The first-order valence-electron chi connectivity index (χ1n) is 10.5. The van der Waals surface area contributed by atoms with Crippen LogP contribution in [0.15, 0.2) is 18.2 Å². The van der Waals surface area contributed by atoms with Gasteiger partial charge in [-0.2, -0.15) is 0 Å². The predicted octanol–water partition coefficient (Wildman–Crippen LogP) is 0.736. The fourth-order valence-electron chi connectivity index (χ4n) is 4.95. The lowest BCUT2D eigenvalue weighted by Gasteiger charge is -2.33. The molecule has 5 rings (SSSR count). The van der Waals surface area contributed by atoms with Crippen molar-refractivity contribution in [2.45, 2.75) is 44.1 Å². The number of benzene rings is 1. The molecule has 8 nitrogen and oxygen atoms in total. The number of nitrogens with one attached hydrogen (secondary N) is 1. The van der Waals surface area contributed by atoms with Crippen molar-refractivity contribution in [3.63, 3.8) is 0 Å². The van der Waals surface area contributed by atoms with Crippen LogP contribution < -0.4 is 10.2 Å². The van der Waals surface area contributed by atoms with Gasteiger partial charge in [-0.1, -0.05) is 0 Å². The van der Waals surface area contributed by atoms with Crippen LogP contribution in [0, 0.1) is 0 Å². The number of anilines is 1. The van der Waals surface area contributed by atoms with E-state index in [-0.39, 0.29) is 24.2 Å². The van der Waals surface area contributed by atoms with Crippen molar-refractivity contribution in [3.8, 4) is 0 Å². The van der Waals surface area contributed by atoms with E-state index >= 15 is 0 Å². The minimum absolute atomic E-state index is 0.0467. The number of hydrogen-bond donors (Lipinski definition) is 2. The monoisotopic (exact) mass is 399 g/mol. The fourth-order valence-corrected chi connectivity index (χ4v) is 4.95. The Labute approximate surface area is 170 Å². The average molecular weight is 399 g/mol. The number of nitrogens with zero attached hydrogens (tertiary/aromatic N) is 4. The largest absolute Gasteiger partial charge is 0.391 e. The number of aromatic nitrogens is 2. The van der Waals surface area contributed by atoms with Gasteiger partial charge in [0.15, 0.2) is 0 Å². The maximum atomic E-state index is 12.9. The number of carbonyl (C=O) groups is 1. The van der Waals surface area contributed by atoms with Crippen LogP contribution in [0.4, 0.5) is 5.95 Å². The third-order valence-corrected chi connectivity index (χ3v) is 6.49. The molecule has 3 saturated heterocycles. The van der Waals surface area contributed by atoms with Crippen molar-refractivity contribution >= 4 is 22.9 Å². The lowest BCUT2D eigenvalue weighted by Crippen LogP contribution is -2.45. The Bertz CT molecular complexity index is 928. The highest BCUT2D eigenvalue weighted by atomic mass is 16.5. The molecule has 0 unspecified atom stereocenters. The second-order valence-corrected chi connectivity index (χ2v) is 8.72. The SMILES string of the molecule is C[C@H]1CN2C[C@H](NC(=O)c3ccc4c(c3)nc(N3CC[C@H](O)C3)n4C)C[C@H]2CO1. The van der Waals surface area contributed by atoms with Gasteiger partial charge in [0.05, 0.1) is 29.8 Å². The van der Waals surface area contributed by atoms with Crippen LogP contribution >= 0.6 is 0 Å². The molecule has 1 aromatic carbocycles. The van der Waals surface area contributed by atoms with Gasteiger partial charge >= 0.3 is 0 Å². The van der Waals surface area contributed by atoms with Crippen LogP contribution in [0.2, 0.25) is 0 Å². The maximum absolute atomic E-state index is 12.9. The normalized spacial score (nSPS) is 30.1. The summed E-state index contributed by atoms with van der Waals surface area (Å²) in [6, 6.07) is 6.26. The van der Waals surface area contributed by atoms with Gasteiger partial charge in [-0.3, -0.25) is 9.69 Å². The molecule has 2 aromatic rings. The first kappa shape index (κ1) is 18.8. The summed E-state index contributed by atoms with van der Waals surface area (Å²) in [4.78, 5) is 22.1. The number of aryl methyl sites for hydroxylation is 1. The van der Waals surface area contributed by atoms with Gasteiger partial charge in [0.25, 0.3) is 5.91 Å². The molecule has 29 heavy (non-hydrogen) atoms. The molecule has 1 aromatic heterocycles. The van der Waals surface area contributed by atoms with E-state index in [0.29, 0.717) is 18.2 Å². The van der Waals surface area contributed by atoms with Gasteiger partial charge in [0.2, 0.25) is 5.95 Å². The number of fused-ring (bicyclic) bond motifs is 2. The zero-order chi connectivity index (χ0) is 20.1. The Balaban J connectivity index is 1.31. The number of morpholine rings is 1. The second kappa shape index (κ2) is 7.27. The molecule has 0 aliphatic carbocycles. The molecule has 1 amide bonds. The van der Waals surface area contributed by atoms with Crippen LogP contribution in [0.3, 0.4) is 0 Å². The van der Waals surface area contributed by atoms with Gasteiger partial charge in [-0.15, -0.1) is 0 Å². The quantitative estimate of drug-likeness (QED) is 0.792. The number of imidazole rings is 1. The number of ether oxygens (including phenoxy) is 1. The molecular weight excluding hydrogens is 370 g/mol. The molecule has 3 aliphatic heterocycles. The van der Waals surface area contributed by atoms with E-state index in [1.807, 2.05) is 29.8 Å². The zero-order valence-electron chi connectivity index (χ0n) is 17.0. The van der Waals surface area contributed by atoms with Gasteiger partial charge < -0.3 is 24.6 Å². The van der Waals surface area contributed by atoms with Gasteiger partial charge in [0.1, 0.15) is 0 Å². The third-order valence-electron chi connectivity index (χ3n) is 6.49. The molecule has 0 radical (unpaired) electrons. The summed E-state index contributed by atoms with van der Waals surface area (Å²) in [7, 11) is 1.98. The summed E-state index contributed by atoms with van der Waals surface area (Å²) in [5, 5.41) is 13.0. The Hall–Kier alpha value is -2.16. The first-order valence-corrected chi connectivity index (χ1v) is 10.5. The van der Waals surface area contributed by atoms with E-state index in [9.17, 15) is 9.90 Å². The molecule has 0 spiro atoms. The van der Waals surface area contributed by atoms with Crippen LogP contribution in [0.5, 0.6) is 0 Å². The lowest BCUT2D eigenvalue weighted by atomic mass is 10.1. The van der Waals surface area contributed by atoms with Gasteiger partial charge in [-0.05, 0) is 38.0 Å². The summed E-state index contributed by atoms with van der Waals surface area (Å²) in [6.07, 6.45) is 1.67. The third kappa shape index (κ3) is 3.49. The molecule has 3 fully saturated rings. The Morgan fingerprint density at radius 1 is 1.31 bits per heavy atom. The summed E-state index contributed by atoms with van der Waals surface area (Å²) < 4.78 is 7.79. The van der Waals surface area contributed by atoms with E-state index in [4.69, 9.17) is 9.72 Å². The predicted molar refractivity (Wildman–Crippen MR) is 110 cm³/mol. The molecule has 156 valence electrons. The number of β-amino-alcohol motifs (C(OH)–C–C–N with tert-alkyl or cyclic N) is 1. The van der Waals surface area contributed by atoms with Crippen molar-refractivity contribution < 1.29 is 14.6 Å². The number of hydrogen-bond acceptors (Lipinski definition) is 6. The van der Waals surface area contributed by atoms with E-state index in [1.165, 1.54) is 0 Å². The highest BCUT2D eigenvalue weighted by molar-refractivity contribution is 5.98. The van der Waals surface area contributed by atoms with Crippen molar-refractivity contribution in [1.82, 2.24) is 19.8 Å².